The van der Waals surface area contributed by atoms with Crippen LogP contribution in [0.25, 0.3) is 11.0 Å². The number of carbonyl (C=O) groups is 1. The third-order valence-corrected chi connectivity index (χ3v) is 9.30. The Labute approximate surface area is 255 Å². The van der Waals surface area contributed by atoms with Crippen LogP contribution in [0.3, 0.4) is 0 Å². The fourth-order valence-corrected chi connectivity index (χ4v) is 6.62. The van der Waals surface area contributed by atoms with E-state index in [0.717, 1.165) is 67.3 Å². The maximum atomic E-state index is 12.3. The summed E-state index contributed by atoms with van der Waals surface area (Å²) in [5.41, 5.74) is 4.18. The van der Waals surface area contributed by atoms with Crippen LogP contribution in [0.2, 0.25) is 5.02 Å². The SMILES string of the molecule is COC(=O)c1ccc2nc([C@H](C)N3CCC(c4cccc5c4OC(C)(c4ccc(Cl)cn4)O5)CC3)n(C[C@@H]3CCO3)c2c1. The summed E-state index contributed by atoms with van der Waals surface area (Å²) in [6.07, 6.45) is 4.76. The van der Waals surface area contributed by atoms with Crippen LogP contribution in [0.4, 0.5) is 0 Å². The molecule has 0 saturated carbocycles. The molecule has 0 N–H and O–H groups in total. The van der Waals surface area contributed by atoms with Gasteiger partial charge in [-0.25, -0.2) is 9.78 Å². The number of carbonyl (C=O) groups excluding carboxylic acids is 1. The van der Waals surface area contributed by atoms with Crippen LogP contribution in [0.15, 0.2) is 54.7 Å². The van der Waals surface area contributed by atoms with Crippen molar-refractivity contribution < 1.29 is 23.7 Å². The number of piperidine rings is 1. The lowest BCUT2D eigenvalue weighted by Gasteiger charge is -2.37. The molecule has 43 heavy (non-hydrogen) atoms. The van der Waals surface area contributed by atoms with Crippen LogP contribution < -0.4 is 9.47 Å². The molecule has 9 nitrogen and oxygen atoms in total. The van der Waals surface area contributed by atoms with Gasteiger partial charge in [0.05, 0.1) is 47.4 Å². The van der Waals surface area contributed by atoms with Gasteiger partial charge in [-0.3, -0.25) is 9.88 Å². The molecule has 5 heterocycles. The van der Waals surface area contributed by atoms with Crippen molar-refractivity contribution in [2.75, 3.05) is 26.8 Å². The molecule has 3 aliphatic heterocycles. The lowest BCUT2D eigenvalue weighted by molar-refractivity contribution is -0.0722. The Bertz CT molecular complexity index is 1660. The molecule has 0 radical (unpaired) electrons. The zero-order valence-electron chi connectivity index (χ0n) is 24.6. The van der Waals surface area contributed by atoms with Crippen LogP contribution in [0.1, 0.15) is 72.5 Å². The molecule has 3 aliphatic rings. The number of pyridine rings is 1. The Morgan fingerprint density at radius 1 is 1.14 bits per heavy atom. The first-order valence-electron chi connectivity index (χ1n) is 14.9. The Morgan fingerprint density at radius 2 is 1.95 bits per heavy atom. The number of hydrogen-bond donors (Lipinski definition) is 0. The van der Waals surface area contributed by atoms with Gasteiger partial charge in [-0.1, -0.05) is 23.7 Å². The summed E-state index contributed by atoms with van der Waals surface area (Å²) in [6, 6.07) is 15.5. The number of rotatable bonds is 7. The normalized spacial score (nSPS) is 22.8. The van der Waals surface area contributed by atoms with Gasteiger partial charge in [0, 0.05) is 25.3 Å². The van der Waals surface area contributed by atoms with E-state index in [9.17, 15) is 4.79 Å². The zero-order valence-corrected chi connectivity index (χ0v) is 25.3. The molecule has 224 valence electrons. The van der Waals surface area contributed by atoms with E-state index in [0.29, 0.717) is 28.7 Å². The standard InChI is InChI=1S/C33H35ClN4O5/c1-20(31-36-26-9-7-22(32(39)40-3)17-27(26)38(31)19-24-13-16-41-24)37-14-11-21(12-15-37)25-5-4-6-28-30(25)43-33(2,42-28)29-10-8-23(34)18-35-29/h4-10,17-18,20-21,24H,11-16,19H2,1-3H3/t20-,24-,33?/m0/s1. The Kier molecular flexibility index (Phi) is 7.27. The van der Waals surface area contributed by atoms with Gasteiger partial charge in [0.25, 0.3) is 5.79 Å². The van der Waals surface area contributed by atoms with E-state index in [1.165, 1.54) is 12.7 Å². The first kappa shape index (κ1) is 28.1. The second-order valence-corrected chi connectivity index (χ2v) is 12.2. The molecule has 0 bridgehead atoms. The van der Waals surface area contributed by atoms with Gasteiger partial charge in [0.15, 0.2) is 11.5 Å². The van der Waals surface area contributed by atoms with E-state index in [4.69, 9.17) is 35.5 Å². The largest absolute Gasteiger partial charge is 0.465 e. The van der Waals surface area contributed by atoms with Crippen molar-refractivity contribution in [3.05, 3.63) is 82.4 Å². The van der Waals surface area contributed by atoms with Crippen molar-refractivity contribution in [1.29, 1.82) is 0 Å². The summed E-state index contributed by atoms with van der Waals surface area (Å²) < 4.78 is 25.8. The van der Waals surface area contributed by atoms with Crippen LogP contribution in [0, 0.1) is 0 Å². The van der Waals surface area contributed by atoms with E-state index in [2.05, 4.69) is 27.4 Å². The Hall–Kier alpha value is -3.66. The summed E-state index contributed by atoms with van der Waals surface area (Å²) in [5.74, 6) is 1.53. The first-order valence-corrected chi connectivity index (χ1v) is 15.3. The molecule has 2 aromatic carbocycles. The summed E-state index contributed by atoms with van der Waals surface area (Å²) in [7, 11) is 1.40. The first-order chi connectivity index (χ1) is 20.8. The van der Waals surface area contributed by atoms with E-state index < -0.39 is 5.79 Å². The molecular weight excluding hydrogens is 568 g/mol. The topological polar surface area (TPSA) is 87.9 Å². The molecule has 4 aromatic rings. The lowest BCUT2D eigenvalue weighted by Crippen LogP contribution is -2.37. The molecule has 3 atom stereocenters. The number of aromatic nitrogens is 3. The van der Waals surface area contributed by atoms with E-state index in [1.807, 2.05) is 37.3 Å². The third-order valence-electron chi connectivity index (χ3n) is 9.07. The van der Waals surface area contributed by atoms with Gasteiger partial charge in [-0.15, -0.1) is 0 Å². The predicted molar refractivity (Wildman–Crippen MR) is 162 cm³/mol. The van der Waals surface area contributed by atoms with E-state index >= 15 is 0 Å². The minimum atomic E-state index is -1.00. The van der Waals surface area contributed by atoms with Gasteiger partial charge in [-0.05, 0) is 81.6 Å². The summed E-state index contributed by atoms with van der Waals surface area (Å²) in [6.45, 7) is 7.46. The summed E-state index contributed by atoms with van der Waals surface area (Å²) >= 11 is 6.06. The second-order valence-electron chi connectivity index (χ2n) is 11.7. The number of hydrogen-bond acceptors (Lipinski definition) is 8. The lowest BCUT2D eigenvalue weighted by atomic mass is 9.88. The fraction of sp³-hybridized carbons (Fsp3) is 0.424. The highest BCUT2D eigenvalue weighted by Gasteiger charge is 2.42. The molecule has 0 amide bonds. The molecule has 2 fully saturated rings. The molecule has 0 aliphatic carbocycles. The van der Waals surface area contributed by atoms with Crippen molar-refractivity contribution in [3.63, 3.8) is 0 Å². The highest BCUT2D eigenvalue weighted by Crippen LogP contribution is 2.49. The minimum Gasteiger partial charge on any atom is -0.465 e. The van der Waals surface area contributed by atoms with Crippen molar-refractivity contribution in [2.24, 2.45) is 0 Å². The van der Waals surface area contributed by atoms with Gasteiger partial charge in [0.2, 0.25) is 0 Å². The number of halogens is 1. The fourth-order valence-electron chi connectivity index (χ4n) is 6.51. The summed E-state index contributed by atoms with van der Waals surface area (Å²) in [5, 5.41) is 0.572. The molecule has 2 aromatic heterocycles. The van der Waals surface area contributed by atoms with Crippen molar-refractivity contribution >= 4 is 28.6 Å². The zero-order chi connectivity index (χ0) is 29.7. The smallest absolute Gasteiger partial charge is 0.337 e. The van der Waals surface area contributed by atoms with Crippen molar-refractivity contribution in [2.45, 2.75) is 63.5 Å². The molecular formula is C33H35ClN4O5. The molecule has 7 rings (SSSR count). The molecule has 10 heteroatoms. The number of methoxy groups -OCH3 is 1. The summed E-state index contributed by atoms with van der Waals surface area (Å²) in [4.78, 5) is 24.3. The number of fused-ring (bicyclic) bond motifs is 2. The Morgan fingerprint density at radius 3 is 2.65 bits per heavy atom. The van der Waals surface area contributed by atoms with Crippen LogP contribution in [-0.2, 0) is 21.8 Å². The monoisotopic (exact) mass is 602 g/mol. The van der Waals surface area contributed by atoms with Crippen molar-refractivity contribution in [3.8, 4) is 11.5 Å². The Balaban J connectivity index is 1.10. The van der Waals surface area contributed by atoms with Crippen LogP contribution in [-0.4, -0.2) is 58.3 Å². The van der Waals surface area contributed by atoms with Crippen molar-refractivity contribution in [1.82, 2.24) is 19.4 Å². The maximum absolute atomic E-state index is 12.3. The molecule has 2 saturated heterocycles. The van der Waals surface area contributed by atoms with Gasteiger partial charge < -0.3 is 23.5 Å². The number of ether oxygens (including phenoxy) is 4. The number of imidazole rings is 1. The maximum Gasteiger partial charge on any atom is 0.337 e. The minimum absolute atomic E-state index is 0.0929. The van der Waals surface area contributed by atoms with E-state index in [1.54, 1.807) is 18.3 Å². The van der Waals surface area contributed by atoms with Gasteiger partial charge in [-0.2, -0.15) is 0 Å². The van der Waals surface area contributed by atoms with Crippen LogP contribution >= 0.6 is 11.6 Å². The molecule has 1 unspecified atom stereocenters. The van der Waals surface area contributed by atoms with Gasteiger partial charge >= 0.3 is 5.97 Å². The number of nitrogens with zero attached hydrogens (tertiary/aromatic N) is 4. The second kappa shape index (κ2) is 11.1. The average molecular weight is 603 g/mol. The van der Waals surface area contributed by atoms with Crippen LogP contribution in [0.5, 0.6) is 11.5 Å². The highest BCUT2D eigenvalue weighted by atomic mass is 35.5. The van der Waals surface area contributed by atoms with E-state index in [-0.39, 0.29) is 18.1 Å². The predicted octanol–water partition coefficient (Wildman–Crippen LogP) is 6.24. The third kappa shape index (κ3) is 5.13. The number of para-hydroxylation sites is 1. The highest BCUT2D eigenvalue weighted by molar-refractivity contribution is 6.30. The molecule has 0 spiro atoms. The number of benzene rings is 2. The number of esters is 1. The van der Waals surface area contributed by atoms with Gasteiger partial charge in [0.1, 0.15) is 11.5 Å². The average Bonchev–Trinajstić information content (AvgIpc) is 3.55. The quantitative estimate of drug-likeness (QED) is 0.230. The number of likely N-dealkylation sites (tertiary alicyclic amines) is 1.